The average Bonchev–Trinajstić information content (AvgIpc) is 2.49. The SMILES string of the molecule is CCCC(Oc1ccc(Oc2ccccn2)cc1)C(C)=O. The van der Waals surface area contributed by atoms with E-state index in [0.29, 0.717) is 17.4 Å². The van der Waals surface area contributed by atoms with E-state index in [0.717, 1.165) is 12.8 Å². The highest BCUT2D eigenvalue weighted by molar-refractivity contribution is 5.80. The second-order valence-corrected chi connectivity index (χ2v) is 4.75. The summed E-state index contributed by atoms with van der Waals surface area (Å²) in [5, 5.41) is 0. The zero-order chi connectivity index (χ0) is 15.1. The quantitative estimate of drug-likeness (QED) is 0.771. The molecule has 0 fully saturated rings. The highest BCUT2D eigenvalue weighted by atomic mass is 16.5. The van der Waals surface area contributed by atoms with Crippen molar-refractivity contribution in [3.05, 3.63) is 48.7 Å². The molecule has 0 radical (unpaired) electrons. The number of nitrogens with zero attached hydrogens (tertiary/aromatic N) is 1. The summed E-state index contributed by atoms with van der Waals surface area (Å²) >= 11 is 0. The number of carbonyl (C=O) groups excluding carboxylic acids is 1. The Labute approximate surface area is 124 Å². The number of hydrogen-bond acceptors (Lipinski definition) is 4. The molecule has 0 aliphatic heterocycles. The molecule has 1 aromatic carbocycles. The summed E-state index contributed by atoms with van der Waals surface area (Å²) < 4.78 is 11.3. The first-order valence-electron chi connectivity index (χ1n) is 7.05. The van der Waals surface area contributed by atoms with E-state index >= 15 is 0 Å². The maximum absolute atomic E-state index is 11.5. The lowest BCUT2D eigenvalue weighted by Gasteiger charge is -2.15. The molecule has 4 nitrogen and oxygen atoms in total. The minimum Gasteiger partial charge on any atom is -0.483 e. The molecule has 0 aliphatic carbocycles. The van der Waals surface area contributed by atoms with Crippen molar-refractivity contribution in [2.75, 3.05) is 0 Å². The lowest BCUT2D eigenvalue weighted by molar-refractivity contribution is -0.123. The van der Waals surface area contributed by atoms with Crippen LogP contribution in [-0.2, 0) is 4.79 Å². The summed E-state index contributed by atoms with van der Waals surface area (Å²) in [6.45, 7) is 3.59. The van der Waals surface area contributed by atoms with Crippen LogP contribution in [0.25, 0.3) is 0 Å². The molecule has 0 spiro atoms. The number of aromatic nitrogens is 1. The molecule has 2 aromatic rings. The number of ketones is 1. The van der Waals surface area contributed by atoms with Gasteiger partial charge in [0.05, 0.1) is 0 Å². The first-order chi connectivity index (χ1) is 10.2. The normalized spacial score (nSPS) is 11.7. The van der Waals surface area contributed by atoms with Gasteiger partial charge in [-0.3, -0.25) is 4.79 Å². The monoisotopic (exact) mass is 285 g/mol. The van der Waals surface area contributed by atoms with Crippen LogP contribution in [0.3, 0.4) is 0 Å². The molecule has 21 heavy (non-hydrogen) atoms. The van der Waals surface area contributed by atoms with Crippen LogP contribution in [0.15, 0.2) is 48.7 Å². The van der Waals surface area contributed by atoms with Crippen molar-refractivity contribution in [1.82, 2.24) is 4.98 Å². The second kappa shape index (κ2) is 7.43. The summed E-state index contributed by atoms with van der Waals surface area (Å²) in [6.07, 6.45) is 2.93. The van der Waals surface area contributed by atoms with Crippen LogP contribution >= 0.6 is 0 Å². The second-order valence-electron chi connectivity index (χ2n) is 4.75. The molecular weight excluding hydrogens is 266 g/mol. The fourth-order valence-electron chi connectivity index (χ4n) is 1.89. The third kappa shape index (κ3) is 4.60. The smallest absolute Gasteiger partial charge is 0.219 e. The van der Waals surface area contributed by atoms with Crippen molar-refractivity contribution in [1.29, 1.82) is 0 Å². The van der Waals surface area contributed by atoms with Gasteiger partial charge in [0.25, 0.3) is 0 Å². The summed E-state index contributed by atoms with van der Waals surface area (Å²) in [6, 6.07) is 12.7. The summed E-state index contributed by atoms with van der Waals surface area (Å²) in [7, 11) is 0. The molecule has 4 heteroatoms. The zero-order valence-corrected chi connectivity index (χ0v) is 12.3. The Kier molecular flexibility index (Phi) is 5.32. The number of benzene rings is 1. The van der Waals surface area contributed by atoms with Gasteiger partial charge in [0.15, 0.2) is 11.9 Å². The van der Waals surface area contributed by atoms with E-state index in [1.807, 2.05) is 19.1 Å². The number of hydrogen-bond donors (Lipinski definition) is 0. The summed E-state index contributed by atoms with van der Waals surface area (Å²) in [5.74, 6) is 1.93. The Bertz CT molecular complexity index is 566. The molecule has 0 N–H and O–H groups in total. The van der Waals surface area contributed by atoms with Crippen LogP contribution < -0.4 is 9.47 Å². The Balaban J connectivity index is 2.00. The number of Topliss-reactive ketones (excluding diaryl/α,β-unsaturated/α-hetero) is 1. The fourth-order valence-corrected chi connectivity index (χ4v) is 1.89. The molecule has 0 saturated carbocycles. The van der Waals surface area contributed by atoms with E-state index in [4.69, 9.17) is 9.47 Å². The van der Waals surface area contributed by atoms with Crippen LogP contribution in [0.2, 0.25) is 0 Å². The maximum atomic E-state index is 11.5. The first kappa shape index (κ1) is 15.0. The number of carbonyl (C=O) groups is 1. The van der Waals surface area contributed by atoms with Crippen LogP contribution in [0, 0.1) is 0 Å². The van der Waals surface area contributed by atoms with Crippen LogP contribution in [0.5, 0.6) is 17.4 Å². The van der Waals surface area contributed by atoms with E-state index < -0.39 is 0 Å². The number of pyridine rings is 1. The molecule has 2 rings (SSSR count). The van der Waals surface area contributed by atoms with Gasteiger partial charge in [0, 0.05) is 12.3 Å². The first-order valence-corrected chi connectivity index (χ1v) is 7.05. The molecule has 1 unspecified atom stereocenters. The predicted molar refractivity (Wildman–Crippen MR) is 80.8 cm³/mol. The molecule has 0 saturated heterocycles. The predicted octanol–water partition coefficient (Wildman–Crippen LogP) is 4.01. The lowest BCUT2D eigenvalue weighted by Crippen LogP contribution is -2.24. The molecule has 0 aliphatic rings. The molecule has 0 amide bonds. The Hall–Kier alpha value is -2.36. The van der Waals surface area contributed by atoms with Crippen molar-refractivity contribution in [3.8, 4) is 17.4 Å². The highest BCUT2D eigenvalue weighted by Crippen LogP contribution is 2.23. The molecule has 1 aromatic heterocycles. The van der Waals surface area contributed by atoms with Gasteiger partial charge in [-0.25, -0.2) is 4.98 Å². The summed E-state index contributed by atoms with van der Waals surface area (Å²) in [4.78, 5) is 15.6. The van der Waals surface area contributed by atoms with Gasteiger partial charge in [-0.05, 0) is 43.7 Å². The molecular formula is C17H19NO3. The van der Waals surface area contributed by atoms with Gasteiger partial charge in [0.2, 0.25) is 5.88 Å². The maximum Gasteiger partial charge on any atom is 0.219 e. The Morgan fingerprint density at radius 3 is 2.43 bits per heavy atom. The van der Waals surface area contributed by atoms with Crippen molar-refractivity contribution in [2.24, 2.45) is 0 Å². The van der Waals surface area contributed by atoms with Gasteiger partial charge in [-0.2, -0.15) is 0 Å². The lowest BCUT2D eigenvalue weighted by atomic mass is 10.1. The highest BCUT2D eigenvalue weighted by Gasteiger charge is 2.14. The van der Waals surface area contributed by atoms with E-state index in [9.17, 15) is 4.79 Å². The van der Waals surface area contributed by atoms with Crippen molar-refractivity contribution in [3.63, 3.8) is 0 Å². The standard InChI is InChI=1S/C17H19NO3/c1-3-6-16(13(2)19)20-14-8-10-15(11-9-14)21-17-7-4-5-12-18-17/h4-5,7-12,16H,3,6H2,1-2H3. The third-order valence-electron chi connectivity index (χ3n) is 2.97. The van der Waals surface area contributed by atoms with Gasteiger partial charge < -0.3 is 9.47 Å². The van der Waals surface area contributed by atoms with Crippen LogP contribution in [0.4, 0.5) is 0 Å². The largest absolute Gasteiger partial charge is 0.483 e. The van der Waals surface area contributed by atoms with Gasteiger partial charge in [0.1, 0.15) is 11.5 Å². The molecule has 1 heterocycles. The van der Waals surface area contributed by atoms with Crippen LogP contribution in [0.1, 0.15) is 26.7 Å². The minimum atomic E-state index is -0.377. The van der Waals surface area contributed by atoms with Gasteiger partial charge in [-0.15, -0.1) is 0 Å². The van der Waals surface area contributed by atoms with Crippen LogP contribution in [-0.4, -0.2) is 16.9 Å². The Morgan fingerprint density at radius 1 is 1.14 bits per heavy atom. The van der Waals surface area contributed by atoms with Crippen molar-refractivity contribution in [2.45, 2.75) is 32.8 Å². The Morgan fingerprint density at radius 2 is 1.86 bits per heavy atom. The number of ether oxygens (including phenoxy) is 2. The average molecular weight is 285 g/mol. The minimum absolute atomic E-state index is 0.0469. The van der Waals surface area contributed by atoms with Gasteiger partial charge in [-0.1, -0.05) is 19.4 Å². The van der Waals surface area contributed by atoms with E-state index in [2.05, 4.69) is 4.98 Å². The van der Waals surface area contributed by atoms with Crippen molar-refractivity contribution < 1.29 is 14.3 Å². The molecule has 1 atom stereocenters. The zero-order valence-electron chi connectivity index (χ0n) is 12.3. The van der Waals surface area contributed by atoms with Crippen molar-refractivity contribution >= 4 is 5.78 Å². The summed E-state index contributed by atoms with van der Waals surface area (Å²) in [5.41, 5.74) is 0. The van der Waals surface area contributed by atoms with Gasteiger partial charge >= 0.3 is 0 Å². The van der Waals surface area contributed by atoms with E-state index in [1.165, 1.54) is 0 Å². The number of rotatable bonds is 7. The van der Waals surface area contributed by atoms with E-state index in [1.54, 1.807) is 43.5 Å². The van der Waals surface area contributed by atoms with E-state index in [-0.39, 0.29) is 11.9 Å². The third-order valence-corrected chi connectivity index (χ3v) is 2.97. The topological polar surface area (TPSA) is 48.4 Å². The fraction of sp³-hybridized carbons (Fsp3) is 0.294. The molecule has 0 bridgehead atoms. The molecule has 110 valence electrons.